The SMILES string of the molecule is CC(O)(C(=O)Nc1ccc(S(=O)(=O)Nc2ccc(C(N)=O)cc2)cc1Cl)C(F)(F)F. The van der Waals surface area contributed by atoms with E-state index in [4.69, 9.17) is 17.3 Å². The Morgan fingerprint density at radius 2 is 1.67 bits per heavy atom. The summed E-state index contributed by atoms with van der Waals surface area (Å²) in [5, 5.41) is 10.8. The number of carbonyl (C=O) groups is 2. The minimum atomic E-state index is -5.24. The Morgan fingerprint density at radius 1 is 1.10 bits per heavy atom. The van der Waals surface area contributed by atoms with Gasteiger partial charge in [0.2, 0.25) is 11.5 Å². The number of hydrogen-bond acceptors (Lipinski definition) is 5. The van der Waals surface area contributed by atoms with Crippen molar-refractivity contribution in [1.29, 1.82) is 0 Å². The lowest BCUT2D eigenvalue weighted by Crippen LogP contribution is -2.52. The molecule has 2 amide bonds. The Morgan fingerprint density at radius 3 is 2.13 bits per heavy atom. The van der Waals surface area contributed by atoms with Crippen molar-refractivity contribution in [2.75, 3.05) is 10.0 Å². The highest BCUT2D eigenvalue weighted by Crippen LogP contribution is 2.33. The van der Waals surface area contributed by atoms with Gasteiger partial charge >= 0.3 is 6.18 Å². The molecule has 0 saturated heterocycles. The van der Waals surface area contributed by atoms with E-state index in [2.05, 4.69) is 4.72 Å². The van der Waals surface area contributed by atoms with Crippen molar-refractivity contribution in [3.05, 3.63) is 53.1 Å². The second kappa shape index (κ2) is 8.13. The third kappa shape index (κ3) is 5.01. The molecule has 8 nitrogen and oxygen atoms in total. The minimum Gasteiger partial charge on any atom is -0.373 e. The molecule has 1 atom stereocenters. The molecule has 2 rings (SSSR count). The predicted octanol–water partition coefficient (Wildman–Crippen LogP) is 2.49. The normalized spacial score (nSPS) is 13.9. The van der Waals surface area contributed by atoms with Gasteiger partial charge in [0.1, 0.15) is 0 Å². The van der Waals surface area contributed by atoms with E-state index in [0.717, 1.165) is 18.2 Å². The predicted molar refractivity (Wildman–Crippen MR) is 103 cm³/mol. The quantitative estimate of drug-likeness (QED) is 0.519. The van der Waals surface area contributed by atoms with Crippen LogP contribution in [0.25, 0.3) is 0 Å². The smallest absolute Gasteiger partial charge is 0.373 e. The van der Waals surface area contributed by atoms with Gasteiger partial charge in [-0.25, -0.2) is 8.42 Å². The molecule has 5 N–H and O–H groups in total. The zero-order chi connectivity index (χ0) is 22.9. The summed E-state index contributed by atoms with van der Waals surface area (Å²) < 4.78 is 65.3. The van der Waals surface area contributed by atoms with E-state index in [1.165, 1.54) is 24.3 Å². The molecule has 162 valence electrons. The Bertz CT molecular complexity index is 1090. The molecule has 0 radical (unpaired) electrons. The van der Waals surface area contributed by atoms with Gasteiger partial charge in [-0.05, 0) is 49.4 Å². The summed E-state index contributed by atoms with van der Waals surface area (Å²) in [6.45, 7) is 0.266. The van der Waals surface area contributed by atoms with Crippen molar-refractivity contribution in [3.63, 3.8) is 0 Å². The summed E-state index contributed by atoms with van der Waals surface area (Å²) in [6, 6.07) is 8.07. The monoisotopic (exact) mass is 465 g/mol. The largest absolute Gasteiger partial charge is 0.426 e. The van der Waals surface area contributed by atoms with Gasteiger partial charge in [0, 0.05) is 11.3 Å². The number of carbonyl (C=O) groups excluding carboxylic acids is 2. The van der Waals surface area contributed by atoms with Crippen LogP contribution in [0.4, 0.5) is 24.5 Å². The zero-order valence-corrected chi connectivity index (χ0v) is 16.7. The lowest BCUT2D eigenvalue weighted by Gasteiger charge is -2.25. The molecular weight excluding hydrogens is 451 g/mol. The Balaban J connectivity index is 2.23. The van der Waals surface area contributed by atoms with Crippen molar-refractivity contribution in [3.8, 4) is 0 Å². The van der Waals surface area contributed by atoms with Gasteiger partial charge in [-0.15, -0.1) is 0 Å². The molecule has 0 aliphatic carbocycles. The number of amides is 2. The van der Waals surface area contributed by atoms with E-state index >= 15 is 0 Å². The minimum absolute atomic E-state index is 0.106. The van der Waals surface area contributed by atoms with Gasteiger partial charge in [-0.1, -0.05) is 11.6 Å². The molecule has 0 fully saturated rings. The van der Waals surface area contributed by atoms with Crippen molar-refractivity contribution in [2.24, 2.45) is 5.73 Å². The molecule has 0 aromatic heterocycles. The van der Waals surface area contributed by atoms with E-state index in [-0.39, 0.29) is 33.8 Å². The average Bonchev–Trinajstić information content (AvgIpc) is 2.62. The number of nitrogens with two attached hydrogens (primary N) is 1. The number of hydrogen-bond donors (Lipinski definition) is 4. The third-order valence-corrected chi connectivity index (χ3v) is 5.61. The van der Waals surface area contributed by atoms with Crippen molar-refractivity contribution >= 4 is 44.8 Å². The Hall–Kier alpha value is -2.83. The highest BCUT2D eigenvalue weighted by atomic mass is 35.5. The van der Waals surface area contributed by atoms with Gasteiger partial charge < -0.3 is 16.2 Å². The topological polar surface area (TPSA) is 139 Å². The first-order chi connectivity index (χ1) is 13.6. The fourth-order valence-corrected chi connectivity index (χ4v) is 3.43. The summed E-state index contributed by atoms with van der Waals surface area (Å²) in [5.74, 6) is -2.49. The molecule has 0 spiro atoms. The lowest BCUT2D eigenvalue weighted by molar-refractivity contribution is -0.242. The summed E-state index contributed by atoms with van der Waals surface area (Å²) >= 11 is 5.88. The number of nitrogens with one attached hydrogen (secondary N) is 2. The molecule has 13 heteroatoms. The second-order valence-electron chi connectivity index (χ2n) is 6.21. The van der Waals surface area contributed by atoms with Gasteiger partial charge in [-0.3, -0.25) is 14.3 Å². The number of halogens is 4. The molecule has 0 aliphatic heterocycles. The molecule has 1 unspecified atom stereocenters. The first kappa shape index (κ1) is 23.4. The van der Waals surface area contributed by atoms with Crippen LogP contribution < -0.4 is 15.8 Å². The maximum atomic E-state index is 12.7. The van der Waals surface area contributed by atoms with Crippen LogP contribution in [0.5, 0.6) is 0 Å². The number of benzene rings is 2. The fraction of sp³-hybridized carbons (Fsp3) is 0.176. The standard InChI is InChI=1S/C17H15ClF3N3O5S/c1-16(27,17(19,20)21)15(26)23-13-7-6-11(8-12(13)18)30(28,29)24-10-4-2-9(3-5-10)14(22)25/h2-8,24,27H,1H3,(H2,22,25)(H,23,26). The summed E-state index contributed by atoms with van der Waals surface area (Å²) in [5.41, 5.74) is 1.35. The third-order valence-electron chi connectivity index (χ3n) is 3.91. The number of primary amides is 1. The van der Waals surface area contributed by atoms with Gasteiger partial charge in [0.15, 0.2) is 0 Å². The van der Waals surface area contributed by atoms with Crippen molar-refractivity contribution < 1.29 is 36.3 Å². The van der Waals surface area contributed by atoms with E-state index in [9.17, 15) is 36.3 Å². The average molecular weight is 466 g/mol. The Kier molecular flexibility index (Phi) is 6.35. The first-order valence-electron chi connectivity index (χ1n) is 7.98. The zero-order valence-electron chi connectivity index (χ0n) is 15.1. The highest BCUT2D eigenvalue weighted by molar-refractivity contribution is 7.92. The van der Waals surface area contributed by atoms with Crippen LogP contribution in [0.15, 0.2) is 47.4 Å². The van der Waals surface area contributed by atoms with Gasteiger partial charge in [0.05, 0.1) is 15.6 Å². The Labute approximate surface area is 173 Å². The van der Waals surface area contributed by atoms with Gasteiger partial charge in [-0.2, -0.15) is 13.2 Å². The van der Waals surface area contributed by atoms with Crippen LogP contribution in [0.1, 0.15) is 17.3 Å². The molecule has 30 heavy (non-hydrogen) atoms. The van der Waals surface area contributed by atoms with Crippen LogP contribution in [-0.2, 0) is 14.8 Å². The summed E-state index contributed by atoms with van der Waals surface area (Å²) in [7, 11) is -4.16. The van der Waals surface area contributed by atoms with Crippen LogP contribution in [0, 0.1) is 0 Å². The van der Waals surface area contributed by atoms with Crippen molar-refractivity contribution in [1.82, 2.24) is 0 Å². The number of anilines is 2. The first-order valence-corrected chi connectivity index (χ1v) is 9.84. The van der Waals surface area contributed by atoms with E-state index in [1.807, 2.05) is 0 Å². The number of aliphatic hydroxyl groups is 1. The highest BCUT2D eigenvalue weighted by Gasteiger charge is 2.55. The van der Waals surface area contributed by atoms with Crippen LogP contribution >= 0.6 is 11.6 Å². The number of sulfonamides is 1. The lowest BCUT2D eigenvalue weighted by atomic mass is 10.1. The molecule has 2 aromatic carbocycles. The maximum Gasteiger partial charge on any atom is 0.426 e. The van der Waals surface area contributed by atoms with E-state index < -0.39 is 33.6 Å². The van der Waals surface area contributed by atoms with E-state index in [1.54, 1.807) is 5.32 Å². The second-order valence-corrected chi connectivity index (χ2v) is 8.30. The van der Waals surface area contributed by atoms with Crippen molar-refractivity contribution in [2.45, 2.75) is 23.6 Å². The van der Waals surface area contributed by atoms with Crippen LogP contribution in [0.2, 0.25) is 5.02 Å². The molecule has 0 saturated carbocycles. The number of alkyl halides is 3. The number of rotatable bonds is 6. The molecular formula is C17H15ClF3N3O5S. The molecule has 0 heterocycles. The van der Waals surface area contributed by atoms with Crippen LogP contribution in [0.3, 0.4) is 0 Å². The fourth-order valence-electron chi connectivity index (χ4n) is 2.05. The summed E-state index contributed by atoms with van der Waals surface area (Å²) in [4.78, 5) is 22.4. The molecule has 2 aromatic rings. The summed E-state index contributed by atoms with van der Waals surface area (Å²) in [6.07, 6.45) is -5.24. The molecule has 0 aliphatic rings. The molecule has 0 bridgehead atoms. The maximum absolute atomic E-state index is 12.7. The van der Waals surface area contributed by atoms with Crippen LogP contribution in [-0.4, -0.2) is 37.1 Å². The van der Waals surface area contributed by atoms with E-state index in [0.29, 0.717) is 0 Å². The van der Waals surface area contributed by atoms with Gasteiger partial charge in [0.25, 0.3) is 15.9 Å².